The molecule has 0 spiro atoms. The number of aliphatic hydroxyl groups is 1. The van der Waals surface area contributed by atoms with Crippen molar-refractivity contribution in [3.8, 4) is 0 Å². The van der Waals surface area contributed by atoms with E-state index in [1.165, 1.54) is 6.21 Å². The van der Waals surface area contributed by atoms with Gasteiger partial charge in [0.15, 0.2) is 0 Å². The number of aliphatic imine (C=N–C) groups is 1. The van der Waals surface area contributed by atoms with Crippen LogP contribution in [0.2, 0.25) is 0 Å². The number of nitrogens with zero attached hydrogens (tertiary/aromatic N) is 1. The Balaban J connectivity index is 0. The summed E-state index contributed by atoms with van der Waals surface area (Å²) in [6.45, 7) is 6.10. The van der Waals surface area contributed by atoms with Gasteiger partial charge in [0.25, 0.3) is 0 Å². The maximum absolute atomic E-state index is 7.92. The largest absolute Gasteiger partial charge is 0.396 e. The molecule has 0 aliphatic carbocycles. The molecule has 0 aliphatic heterocycles. The summed E-state index contributed by atoms with van der Waals surface area (Å²) in [5.74, 6) is 0. The highest BCUT2D eigenvalue weighted by Gasteiger charge is 1.78. The minimum absolute atomic E-state index is 0.101. The van der Waals surface area contributed by atoms with Gasteiger partial charge in [-0.1, -0.05) is 30.3 Å². The molecule has 0 unspecified atom stereocenters. The smallest absolute Gasteiger partial charge is 0.0480 e. The minimum atomic E-state index is 0.101. The van der Waals surface area contributed by atoms with Gasteiger partial charge < -0.3 is 10.5 Å². The highest BCUT2D eigenvalue weighted by Crippen LogP contribution is 1.92. The van der Waals surface area contributed by atoms with Crippen molar-refractivity contribution in [3.63, 3.8) is 0 Å². The summed E-state index contributed by atoms with van der Waals surface area (Å²) < 4.78 is 0. The third-order valence-corrected chi connectivity index (χ3v) is 1.35. The molecule has 1 aromatic rings. The summed E-state index contributed by atoms with van der Waals surface area (Å²) in [6, 6.07) is 10.0. The summed E-state index contributed by atoms with van der Waals surface area (Å²) in [5.41, 5.74) is 1.15. The molecule has 0 bridgehead atoms. The predicted molar refractivity (Wildman–Crippen MR) is 71.7 cm³/mol. The molecule has 16 heavy (non-hydrogen) atoms. The van der Waals surface area contributed by atoms with Gasteiger partial charge in [0.2, 0.25) is 0 Å². The van der Waals surface area contributed by atoms with Crippen LogP contribution in [0.1, 0.15) is 12.0 Å². The molecule has 0 aromatic heterocycles. The van der Waals surface area contributed by atoms with Gasteiger partial charge >= 0.3 is 0 Å². The van der Waals surface area contributed by atoms with Gasteiger partial charge in [-0.15, -0.1) is 13.2 Å². The highest BCUT2D eigenvalue weighted by molar-refractivity contribution is 5.79. The number of aliphatic hydroxyl groups excluding tert-OH is 1. The molecule has 0 saturated carbocycles. The number of hydrogen-bond acceptors (Lipinski definition) is 3. The van der Waals surface area contributed by atoms with Gasteiger partial charge in [0.05, 0.1) is 0 Å². The van der Waals surface area contributed by atoms with Gasteiger partial charge in [0, 0.05) is 26.3 Å². The van der Waals surface area contributed by atoms with Crippen LogP contribution in [0.15, 0.2) is 48.5 Å². The lowest BCUT2D eigenvalue weighted by Gasteiger charge is -1.86. The summed E-state index contributed by atoms with van der Waals surface area (Å²) in [7, 11) is 1.77. The van der Waals surface area contributed by atoms with E-state index < -0.39 is 0 Å². The Labute approximate surface area is 97.7 Å². The maximum atomic E-state index is 7.92. The first-order chi connectivity index (χ1) is 7.85. The van der Waals surface area contributed by atoms with Crippen LogP contribution in [-0.2, 0) is 0 Å². The number of rotatable bonds is 3. The van der Waals surface area contributed by atoms with Crippen LogP contribution in [0, 0.1) is 5.41 Å². The Morgan fingerprint density at radius 3 is 2.19 bits per heavy atom. The van der Waals surface area contributed by atoms with Crippen LogP contribution < -0.4 is 0 Å². The average Bonchev–Trinajstić information content (AvgIpc) is 2.35. The number of nitrogens with one attached hydrogen (secondary N) is 1. The molecule has 0 fully saturated rings. The van der Waals surface area contributed by atoms with E-state index in [1.54, 1.807) is 7.05 Å². The van der Waals surface area contributed by atoms with Gasteiger partial charge in [-0.3, -0.25) is 4.99 Å². The molecule has 1 aromatic carbocycles. The third kappa shape index (κ3) is 12.3. The van der Waals surface area contributed by atoms with Gasteiger partial charge in [-0.25, -0.2) is 0 Å². The Morgan fingerprint density at radius 1 is 1.31 bits per heavy atom. The van der Waals surface area contributed by atoms with Gasteiger partial charge in [0.1, 0.15) is 0 Å². The summed E-state index contributed by atoms with van der Waals surface area (Å²) >= 11 is 0. The molecular weight excluding hydrogens is 200 g/mol. The van der Waals surface area contributed by atoms with Crippen molar-refractivity contribution >= 4 is 12.4 Å². The Morgan fingerprint density at radius 2 is 1.88 bits per heavy atom. The Bertz CT molecular complexity index is 271. The van der Waals surface area contributed by atoms with Crippen LogP contribution in [0.3, 0.4) is 0 Å². The van der Waals surface area contributed by atoms with Crippen molar-refractivity contribution in [1.82, 2.24) is 0 Å². The first kappa shape index (κ1) is 16.7. The molecular formula is C13H20N2O. The van der Waals surface area contributed by atoms with Crippen LogP contribution in [0.25, 0.3) is 0 Å². The molecule has 0 saturated heterocycles. The normalized spacial score (nSPS) is 8.38. The van der Waals surface area contributed by atoms with Crippen molar-refractivity contribution in [2.75, 3.05) is 13.7 Å². The molecule has 0 amide bonds. The van der Waals surface area contributed by atoms with Crippen molar-refractivity contribution in [2.45, 2.75) is 6.42 Å². The number of hydrogen-bond donors (Lipinski definition) is 2. The molecule has 0 aliphatic rings. The zero-order valence-corrected chi connectivity index (χ0v) is 9.76. The standard InChI is InChI=1S/C8H9N.C3H7NO.C2H4/c1-9-7-8-5-3-2-4-6-8;4-2-1-3-5;1-2/h2-7H,1H3;2,4-5H,1,3H2;1-2H2. The molecule has 0 heterocycles. The van der Waals surface area contributed by atoms with E-state index in [9.17, 15) is 0 Å². The van der Waals surface area contributed by atoms with Crippen LogP contribution in [0.5, 0.6) is 0 Å². The van der Waals surface area contributed by atoms with Crippen LogP contribution in [-0.4, -0.2) is 31.2 Å². The van der Waals surface area contributed by atoms with E-state index >= 15 is 0 Å². The van der Waals surface area contributed by atoms with E-state index in [4.69, 9.17) is 10.5 Å². The van der Waals surface area contributed by atoms with E-state index in [2.05, 4.69) is 18.2 Å². The maximum Gasteiger partial charge on any atom is 0.0480 e. The second-order valence-electron chi connectivity index (χ2n) is 2.51. The first-order valence-corrected chi connectivity index (χ1v) is 4.92. The first-order valence-electron chi connectivity index (χ1n) is 4.92. The summed E-state index contributed by atoms with van der Waals surface area (Å²) in [5, 5.41) is 14.2. The lowest BCUT2D eigenvalue weighted by Crippen LogP contribution is -1.78. The van der Waals surface area contributed by atoms with Gasteiger partial charge in [-0.05, 0) is 11.8 Å². The molecule has 0 atom stereocenters. The van der Waals surface area contributed by atoms with Crippen molar-refractivity contribution < 1.29 is 5.11 Å². The van der Waals surface area contributed by atoms with E-state index in [-0.39, 0.29) is 6.61 Å². The summed E-state index contributed by atoms with van der Waals surface area (Å²) in [4.78, 5) is 3.88. The Hall–Kier alpha value is -1.74. The van der Waals surface area contributed by atoms with Crippen molar-refractivity contribution in [2.24, 2.45) is 4.99 Å². The third-order valence-electron chi connectivity index (χ3n) is 1.35. The molecule has 2 N–H and O–H groups in total. The second kappa shape index (κ2) is 15.7. The molecule has 3 nitrogen and oxygen atoms in total. The zero-order valence-electron chi connectivity index (χ0n) is 9.76. The highest BCUT2D eigenvalue weighted by atomic mass is 16.2. The number of benzene rings is 1. The van der Waals surface area contributed by atoms with Crippen molar-refractivity contribution in [3.05, 3.63) is 49.1 Å². The Kier molecular flexibility index (Phi) is 16.4. The predicted octanol–water partition coefficient (Wildman–Crippen LogP) is 2.56. The second-order valence-corrected chi connectivity index (χ2v) is 2.51. The molecule has 0 radical (unpaired) electrons. The van der Waals surface area contributed by atoms with E-state index in [0.29, 0.717) is 6.42 Å². The fourth-order valence-corrected chi connectivity index (χ4v) is 0.753. The fraction of sp³-hybridized carbons (Fsp3) is 0.231. The lowest BCUT2D eigenvalue weighted by molar-refractivity contribution is 0.308. The lowest BCUT2D eigenvalue weighted by atomic mass is 10.2. The zero-order chi connectivity index (χ0) is 12.6. The van der Waals surface area contributed by atoms with E-state index in [0.717, 1.165) is 5.56 Å². The fourth-order valence-electron chi connectivity index (χ4n) is 0.753. The average molecular weight is 220 g/mol. The quantitative estimate of drug-likeness (QED) is 0.597. The molecule has 88 valence electrons. The van der Waals surface area contributed by atoms with E-state index in [1.807, 2.05) is 36.5 Å². The SMILES string of the molecule is C=C.CN=Cc1ccccc1.N=CCCO. The molecule has 3 heteroatoms. The monoisotopic (exact) mass is 220 g/mol. The minimum Gasteiger partial charge on any atom is -0.396 e. The van der Waals surface area contributed by atoms with Crippen molar-refractivity contribution in [1.29, 1.82) is 5.41 Å². The van der Waals surface area contributed by atoms with Crippen LogP contribution in [0.4, 0.5) is 0 Å². The van der Waals surface area contributed by atoms with Crippen LogP contribution >= 0.6 is 0 Å². The topological polar surface area (TPSA) is 56.4 Å². The molecule has 1 rings (SSSR count). The summed E-state index contributed by atoms with van der Waals surface area (Å²) in [6.07, 6.45) is 3.50. The van der Waals surface area contributed by atoms with Gasteiger partial charge in [-0.2, -0.15) is 0 Å².